The SMILES string of the molecule is C=C(C)c1ccc(OC(=O)/C=C/c2ccccc2)cc1. The Kier molecular flexibility index (Phi) is 4.51. The van der Waals surface area contributed by atoms with Crippen LogP contribution in [0.5, 0.6) is 5.75 Å². The molecule has 0 radical (unpaired) electrons. The molecule has 0 aliphatic carbocycles. The van der Waals surface area contributed by atoms with Crippen molar-refractivity contribution < 1.29 is 9.53 Å². The number of hydrogen-bond acceptors (Lipinski definition) is 2. The third kappa shape index (κ3) is 3.95. The van der Waals surface area contributed by atoms with Crippen molar-refractivity contribution in [1.82, 2.24) is 0 Å². The topological polar surface area (TPSA) is 26.3 Å². The van der Waals surface area contributed by atoms with Crippen molar-refractivity contribution in [3.8, 4) is 5.75 Å². The van der Waals surface area contributed by atoms with Crippen LogP contribution in [0.2, 0.25) is 0 Å². The predicted octanol–water partition coefficient (Wildman–Crippen LogP) is 4.34. The molecule has 0 spiro atoms. The second kappa shape index (κ2) is 6.53. The fourth-order valence-corrected chi connectivity index (χ4v) is 1.69. The molecule has 2 aromatic carbocycles. The highest BCUT2D eigenvalue weighted by atomic mass is 16.5. The highest BCUT2D eigenvalue weighted by Crippen LogP contribution is 2.17. The minimum Gasteiger partial charge on any atom is -0.423 e. The Balaban J connectivity index is 1.98. The fraction of sp³-hybridized carbons (Fsp3) is 0.0556. The molecule has 0 saturated carbocycles. The van der Waals surface area contributed by atoms with Gasteiger partial charge in [-0.2, -0.15) is 0 Å². The maximum absolute atomic E-state index is 11.7. The molecule has 0 atom stereocenters. The Hall–Kier alpha value is -2.61. The van der Waals surface area contributed by atoms with Crippen LogP contribution in [0.25, 0.3) is 11.6 Å². The summed E-state index contributed by atoms with van der Waals surface area (Å²) >= 11 is 0. The molecule has 100 valence electrons. The molecule has 2 heteroatoms. The molecule has 0 fully saturated rings. The summed E-state index contributed by atoms with van der Waals surface area (Å²) in [6.45, 7) is 5.79. The van der Waals surface area contributed by atoms with Gasteiger partial charge in [-0.1, -0.05) is 54.6 Å². The lowest BCUT2D eigenvalue weighted by Crippen LogP contribution is -2.03. The average molecular weight is 264 g/mol. The number of allylic oxidation sites excluding steroid dienone is 1. The molecule has 0 bridgehead atoms. The van der Waals surface area contributed by atoms with E-state index >= 15 is 0 Å². The molecule has 0 amide bonds. The van der Waals surface area contributed by atoms with Crippen LogP contribution in [-0.4, -0.2) is 5.97 Å². The lowest BCUT2D eigenvalue weighted by Gasteiger charge is -2.03. The standard InChI is InChI=1S/C18H16O2/c1-14(2)16-9-11-17(12-10-16)20-18(19)13-8-15-6-4-3-5-7-15/h3-13H,1H2,2H3/b13-8+. The van der Waals surface area contributed by atoms with Gasteiger partial charge in [-0.3, -0.25) is 0 Å². The lowest BCUT2D eigenvalue weighted by atomic mass is 10.1. The lowest BCUT2D eigenvalue weighted by molar-refractivity contribution is -0.128. The van der Waals surface area contributed by atoms with Crippen LogP contribution < -0.4 is 4.74 Å². The van der Waals surface area contributed by atoms with E-state index in [1.807, 2.05) is 49.4 Å². The van der Waals surface area contributed by atoms with Gasteiger partial charge in [0.15, 0.2) is 0 Å². The van der Waals surface area contributed by atoms with Crippen LogP contribution in [0.3, 0.4) is 0 Å². The third-order valence-corrected chi connectivity index (χ3v) is 2.78. The molecule has 2 nitrogen and oxygen atoms in total. The van der Waals surface area contributed by atoms with E-state index in [0.717, 1.165) is 16.7 Å². The normalized spacial score (nSPS) is 10.4. The number of benzene rings is 2. The molecule has 0 aliphatic heterocycles. The third-order valence-electron chi connectivity index (χ3n) is 2.78. The van der Waals surface area contributed by atoms with Gasteiger partial charge in [0.1, 0.15) is 5.75 Å². The minimum atomic E-state index is -0.392. The molecule has 0 aromatic heterocycles. The summed E-state index contributed by atoms with van der Waals surface area (Å²) < 4.78 is 5.22. The van der Waals surface area contributed by atoms with E-state index in [-0.39, 0.29) is 0 Å². The summed E-state index contributed by atoms with van der Waals surface area (Å²) in [7, 11) is 0. The van der Waals surface area contributed by atoms with Crippen LogP contribution in [-0.2, 0) is 4.79 Å². The van der Waals surface area contributed by atoms with Crippen molar-refractivity contribution in [3.05, 3.63) is 78.4 Å². The predicted molar refractivity (Wildman–Crippen MR) is 82.3 cm³/mol. The van der Waals surface area contributed by atoms with Crippen LogP contribution in [0, 0.1) is 0 Å². The molecule has 0 unspecified atom stereocenters. The number of ether oxygens (including phenoxy) is 1. The summed E-state index contributed by atoms with van der Waals surface area (Å²) in [4.78, 5) is 11.7. The monoisotopic (exact) mass is 264 g/mol. The second-order valence-corrected chi connectivity index (χ2v) is 4.47. The smallest absolute Gasteiger partial charge is 0.336 e. The quantitative estimate of drug-likeness (QED) is 0.466. The second-order valence-electron chi connectivity index (χ2n) is 4.47. The molecular formula is C18H16O2. The molecule has 0 heterocycles. The Labute approximate surface area is 119 Å². The van der Waals surface area contributed by atoms with Gasteiger partial charge in [-0.05, 0) is 36.3 Å². The first-order valence-electron chi connectivity index (χ1n) is 6.36. The molecule has 0 N–H and O–H groups in total. The summed E-state index contributed by atoms with van der Waals surface area (Å²) in [6, 6.07) is 16.9. The van der Waals surface area contributed by atoms with E-state index in [0.29, 0.717) is 5.75 Å². The van der Waals surface area contributed by atoms with Gasteiger partial charge in [0.25, 0.3) is 0 Å². The maximum atomic E-state index is 11.7. The van der Waals surface area contributed by atoms with Gasteiger partial charge < -0.3 is 4.74 Å². The Bertz CT molecular complexity index is 622. The summed E-state index contributed by atoms with van der Waals surface area (Å²) in [5.74, 6) is 0.134. The van der Waals surface area contributed by atoms with E-state index in [1.165, 1.54) is 6.08 Å². The van der Waals surface area contributed by atoms with E-state index in [1.54, 1.807) is 18.2 Å². The van der Waals surface area contributed by atoms with Gasteiger partial charge in [-0.15, -0.1) is 0 Å². The first-order valence-corrected chi connectivity index (χ1v) is 6.36. The number of carbonyl (C=O) groups is 1. The van der Waals surface area contributed by atoms with E-state index in [4.69, 9.17) is 4.74 Å². The number of rotatable bonds is 4. The van der Waals surface area contributed by atoms with Crippen LogP contribution >= 0.6 is 0 Å². The fourth-order valence-electron chi connectivity index (χ4n) is 1.69. The largest absolute Gasteiger partial charge is 0.423 e. The van der Waals surface area contributed by atoms with Gasteiger partial charge in [0.05, 0.1) is 0 Å². The van der Waals surface area contributed by atoms with Crippen molar-refractivity contribution >= 4 is 17.6 Å². The van der Waals surface area contributed by atoms with Crippen LogP contribution in [0.1, 0.15) is 18.1 Å². The molecule has 2 aromatic rings. The zero-order chi connectivity index (χ0) is 14.4. The molecule has 2 rings (SSSR count). The summed E-state index contributed by atoms with van der Waals surface area (Å²) in [6.07, 6.45) is 3.15. The minimum absolute atomic E-state index is 0.392. The molecule has 0 saturated heterocycles. The molecule has 20 heavy (non-hydrogen) atoms. The zero-order valence-electron chi connectivity index (χ0n) is 11.4. The zero-order valence-corrected chi connectivity index (χ0v) is 11.4. The van der Waals surface area contributed by atoms with E-state index in [2.05, 4.69) is 6.58 Å². The van der Waals surface area contributed by atoms with Gasteiger partial charge in [0, 0.05) is 6.08 Å². The van der Waals surface area contributed by atoms with E-state index < -0.39 is 5.97 Å². The Morgan fingerprint density at radius 2 is 1.70 bits per heavy atom. The highest BCUT2D eigenvalue weighted by Gasteiger charge is 2.01. The van der Waals surface area contributed by atoms with Gasteiger partial charge >= 0.3 is 5.97 Å². The summed E-state index contributed by atoms with van der Waals surface area (Å²) in [5, 5.41) is 0. The highest BCUT2D eigenvalue weighted by molar-refractivity contribution is 5.88. The number of carbonyl (C=O) groups excluding carboxylic acids is 1. The summed E-state index contributed by atoms with van der Waals surface area (Å²) in [5.41, 5.74) is 2.97. The van der Waals surface area contributed by atoms with Crippen molar-refractivity contribution in [2.24, 2.45) is 0 Å². The average Bonchev–Trinajstić information content (AvgIpc) is 2.47. The first kappa shape index (κ1) is 13.8. The van der Waals surface area contributed by atoms with E-state index in [9.17, 15) is 4.79 Å². The van der Waals surface area contributed by atoms with Crippen molar-refractivity contribution in [1.29, 1.82) is 0 Å². The molecular weight excluding hydrogens is 248 g/mol. The number of esters is 1. The number of hydrogen-bond donors (Lipinski definition) is 0. The van der Waals surface area contributed by atoms with Crippen LogP contribution in [0.4, 0.5) is 0 Å². The van der Waals surface area contributed by atoms with Crippen molar-refractivity contribution in [3.63, 3.8) is 0 Å². The van der Waals surface area contributed by atoms with Gasteiger partial charge in [0.2, 0.25) is 0 Å². The van der Waals surface area contributed by atoms with Crippen molar-refractivity contribution in [2.75, 3.05) is 0 Å². The molecule has 0 aliphatic rings. The van der Waals surface area contributed by atoms with Crippen LogP contribution in [0.15, 0.2) is 67.3 Å². The Morgan fingerprint density at radius 3 is 2.30 bits per heavy atom. The Morgan fingerprint density at radius 1 is 1.05 bits per heavy atom. The maximum Gasteiger partial charge on any atom is 0.336 e. The first-order chi connectivity index (χ1) is 9.65. The van der Waals surface area contributed by atoms with Gasteiger partial charge in [-0.25, -0.2) is 4.79 Å². The van der Waals surface area contributed by atoms with Crippen molar-refractivity contribution in [2.45, 2.75) is 6.92 Å².